The average Bonchev–Trinajstić information content (AvgIpc) is 2.74. The fourth-order valence-electron chi connectivity index (χ4n) is 3.04. The molecule has 0 saturated heterocycles. The molecule has 0 atom stereocenters. The van der Waals surface area contributed by atoms with Gasteiger partial charge in [-0.15, -0.1) is 0 Å². The Hall–Kier alpha value is -2.00. The van der Waals surface area contributed by atoms with Crippen molar-refractivity contribution < 1.29 is 0 Å². The first kappa shape index (κ1) is 17.4. The standard InChI is InChI=1S/C24H20As2/c1-5-13-21(14-6-1)25(22-15-7-2-8-16-22)26(23-17-9-3-10-18-23)24-19-11-4-12-20-24/h1-20H. The van der Waals surface area contributed by atoms with Crippen molar-refractivity contribution in [3.8, 4) is 0 Å². The Bertz CT molecular complexity index is 763. The quantitative estimate of drug-likeness (QED) is 0.404. The maximum absolute atomic E-state index is 2.35. The molecule has 26 heavy (non-hydrogen) atoms. The van der Waals surface area contributed by atoms with E-state index in [4.69, 9.17) is 0 Å². The van der Waals surface area contributed by atoms with Crippen LogP contribution in [0.3, 0.4) is 0 Å². The SMILES string of the molecule is c1ccc([As](c2ccccc2)[As](c2ccccc2)c2ccccc2)cc1. The summed E-state index contributed by atoms with van der Waals surface area (Å²) in [5.41, 5.74) is 0. The van der Waals surface area contributed by atoms with Gasteiger partial charge in [0.05, 0.1) is 0 Å². The van der Waals surface area contributed by atoms with E-state index in [1.165, 1.54) is 0 Å². The van der Waals surface area contributed by atoms with Gasteiger partial charge in [0.2, 0.25) is 0 Å². The number of hydrogen-bond acceptors (Lipinski definition) is 0. The fourth-order valence-corrected chi connectivity index (χ4v) is 25.9. The molecule has 0 heterocycles. The van der Waals surface area contributed by atoms with Gasteiger partial charge in [-0.2, -0.15) is 0 Å². The molecule has 0 unspecified atom stereocenters. The molecule has 0 N–H and O–H groups in total. The van der Waals surface area contributed by atoms with Crippen LogP contribution >= 0.6 is 0 Å². The molecule has 0 saturated carbocycles. The van der Waals surface area contributed by atoms with Crippen LogP contribution in [0.4, 0.5) is 0 Å². The van der Waals surface area contributed by atoms with Gasteiger partial charge in [-0.25, -0.2) is 0 Å². The van der Waals surface area contributed by atoms with Crippen LogP contribution in [-0.2, 0) is 0 Å². The van der Waals surface area contributed by atoms with E-state index in [1.54, 1.807) is 17.4 Å². The van der Waals surface area contributed by atoms with Gasteiger partial charge in [0.15, 0.2) is 0 Å². The molecular formula is C24H20As2. The Morgan fingerprint density at radius 2 is 0.462 bits per heavy atom. The van der Waals surface area contributed by atoms with Crippen LogP contribution in [0.5, 0.6) is 0 Å². The average molecular weight is 458 g/mol. The second kappa shape index (κ2) is 8.59. The van der Waals surface area contributed by atoms with Gasteiger partial charge < -0.3 is 0 Å². The zero-order valence-electron chi connectivity index (χ0n) is 14.4. The third-order valence-corrected chi connectivity index (χ3v) is 26.1. The molecule has 4 aromatic carbocycles. The summed E-state index contributed by atoms with van der Waals surface area (Å²) >= 11 is -2.92. The summed E-state index contributed by atoms with van der Waals surface area (Å²) in [7, 11) is 0. The van der Waals surface area contributed by atoms with Crippen molar-refractivity contribution in [3.63, 3.8) is 0 Å². The van der Waals surface area contributed by atoms with E-state index in [1.807, 2.05) is 0 Å². The Morgan fingerprint density at radius 3 is 0.654 bits per heavy atom. The first-order valence-corrected chi connectivity index (χ1v) is 17.7. The molecule has 2 heteroatoms. The van der Waals surface area contributed by atoms with E-state index >= 15 is 0 Å². The van der Waals surface area contributed by atoms with E-state index in [2.05, 4.69) is 121 Å². The third kappa shape index (κ3) is 3.88. The molecule has 0 aliphatic carbocycles. The summed E-state index contributed by atoms with van der Waals surface area (Å²) in [4.78, 5) is 0. The molecule has 0 amide bonds. The monoisotopic (exact) mass is 458 g/mol. The Kier molecular flexibility index (Phi) is 5.75. The van der Waals surface area contributed by atoms with Gasteiger partial charge in [0.25, 0.3) is 0 Å². The zero-order valence-corrected chi connectivity index (χ0v) is 18.2. The third-order valence-electron chi connectivity index (χ3n) is 4.20. The predicted molar refractivity (Wildman–Crippen MR) is 116 cm³/mol. The molecule has 0 radical (unpaired) electrons. The fraction of sp³-hybridized carbons (Fsp3) is 0. The summed E-state index contributed by atoms with van der Waals surface area (Å²) in [5.74, 6) is 0. The molecule has 0 aromatic heterocycles. The van der Waals surface area contributed by atoms with Crippen molar-refractivity contribution in [2.24, 2.45) is 0 Å². The first-order valence-electron chi connectivity index (χ1n) is 8.74. The normalized spacial score (nSPS) is 11.0. The van der Waals surface area contributed by atoms with E-state index in [-0.39, 0.29) is 0 Å². The number of hydrogen-bond donors (Lipinski definition) is 0. The van der Waals surface area contributed by atoms with Gasteiger partial charge >= 0.3 is 164 Å². The van der Waals surface area contributed by atoms with Gasteiger partial charge in [-0.3, -0.25) is 0 Å². The second-order valence-corrected chi connectivity index (χ2v) is 21.6. The molecule has 0 nitrogen and oxygen atoms in total. The molecule has 4 rings (SSSR count). The Morgan fingerprint density at radius 1 is 0.269 bits per heavy atom. The minimum atomic E-state index is -1.46. The summed E-state index contributed by atoms with van der Waals surface area (Å²) in [6.45, 7) is 0. The zero-order chi connectivity index (χ0) is 17.6. The second-order valence-electron chi connectivity index (χ2n) is 5.97. The van der Waals surface area contributed by atoms with Crippen molar-refractivity contribution >= 4 is 42.6 Å². The first-order chi connectivity index (χ1) is 12.9. The number of rotatable bonds is 5. The van der Waals surface area contributed by atoms with Crippen molar-refractivity contribution in [1.29, 1.82) is 0 Å². The van der Waals surface area contributed by atoms with Gasteiger partial charge in [0, 0.05) is 0 Å². The van der Waals surface area contributed by atoms with Crippen molar-refractivity contribution in [3.05, 3.63) is 121 Å². The number of benzene rings is 4. The summed E-state index contributed by atoms with van der Waals surface area (Å²) in [6, 6.07) is 44.9. The molecule has 0 aliphatic rings. The van der Waals surface area contributed by atoms with Crippen LogP contribution < -0.4 is 17.4 Å². The van der Waals surface area contributed by atoms with Crippen LogP contribution in [0, 0.1) is 0 Å². The maximum atomic E-state index is 2.35. The van der Waals surface area contributed by atoms with Crippen LogP contribution in [0.15, 0.2) is 121 Å². The van der Waals surface area contributed by atoms with Crippen LogP contribution in [-0.4, -0.2) is 25.2 Å². The molecule has 126 valence electrons. The molecule has 4 aromatic rings. The minimum absolute atomic E-state index is 1.46. The van der Waals surface area contributed by atoms with Crippen LogP contribution in [0.1, 0.15) is 0 Å². The van der Waals surface area contributed by atoms with E-state index in [0.717, 1.165) is 0 Å². The Labute approximate surface area is 163 Å². The topological polar surface area (TPSA) is 0 Å². The van der Waals surface area contributed by atoms with Crippen molar-refractivity contribution in [2.45, 2.75) is 0 Å². The molecule has 0 fully saturated rings. The van der Waals surface area contributed by atoms with E-state index in [9.17, 15) is 0 Å². The summed E-state index contributed by atoms with van der Waals surface area (Å²) in [6.07, 6.45) is 0. The van der Waals surface area contributed by atoms with Crippen molar-refractivity contribution in [1.82, 2.24) is 0 Å². The molecule has 0 aliphatic heterocycles. The Balaban J connectivity index is 1.93. The van der Waals surface area contributed by atoms with E-state index in [0.29, 0.717) is 0 Å². The summed E-state index contributed by atoms with van der Waals surface area (Å²) in [5, 5.41) is 0. The van der Waals surface area contributed by atoms with Crippen molar-refractivity contribution in [2.75, 3.05) is 0 Å². The predicted octanol–water partition coefficient (Wildman–Crippen LogP) is 2.68. The van der Waals surface area contributed by atoms with Gasteiger partial charge in [-0.05, 0) is 0 Å². The van der Waals surface area contributed by atoms with Gasteiger partial charge in [-0.1, -0.05) is 0 Å². The molecule has 0 spiro atoms. The summed E-state index contributed by atoms with van der Waals surface area (Å²) < 4.78 is 6.22. The van der Waals surface area contributed by atoms with Crippen LogP contribution in [0.2, 0.25) is 0 Å². The van der Waals surface area contributed by atoms with Crippen LogP contribution in [0.25, 0.3) is 0 Å². The molecular weight excluding hydrogens is 438 g/mol. The van der Waals surface area contributed by atoms with Gasteiger partial charge in [0.1, 0.15) is 0 Å². The van der Waals surface area contributed by atoms with E-state index < -0.39 is 25.2 Å². The molecule has 0 bridgehead atoms.